The van der Waals surface area contributed by atoms with Crippen molar-refractivity contribution in [2.45, 2.75) is 20.4 Å². The molecule has 10 nitrogen and oxygen atoms in total. The highest BCUT2D eigenvalue weighted by atomic mass is 16.5. The molecular weight excluding hydrogens is 544 g/mol. The molecular formula is C33H32N6O4. The number of H-pyrrole nitrogens is 1. The number of rotatable bonds is 8. The molecule has 1 saturated heterocycles. The Morgan fingerprint density at radius 2 is 1.81 bits per heavy atom. The molecule has 1 aliphatic heterocycles. The Hall–Kier alpha value is -5.22. The number of carbonyl (C=O) groups is 2. The van der Waals surface area contributed by atoms with Crippen molar-refractivity contribution in [1.29, 1.82) is 0 Å². The van der Waals surface area contributed by atoms with Crippen molar-refractivity contribution >= 4 is 45.9 Å². The van der Waals surface area contributed by atoms with Gasteiger partial charge in [-0.2, -0.15) is 5.10 Å². The third-order valence-corrected chi connectivity index (χ3v) is 7.47. The quantitative estimate of drug-likeness (QED) is 0.166. The normalized spacial score (nSPS) is 13.6. The molecule has 10 heteroatoms. The predicted molar refractivity (Wildman–Crippen MR) is 167 cm³/mol. The Kier molecular flexibility index (Phi) is 7.76. The van der Waals surface area contributed by atoms with Crippen LogP contribution in [-0.2, 0) is 11.3 Å². The molecule has 3 aromatic carbocycles. The third kappa shape index (κ3) is 5.91. The van der Waals surface area contributed by atoms with Crippen LogP contribution >= 0.6 is 0 Å². The van der Waals surface area contributed by atoms with Crippen molar-refractivity contribution in [2.75, 3.05) is 36.5 Å². The number of aromatic hydroxyl groups is 1. The maximum absolute atomic E-state index is 13.4. The minimum absolute atomic E-state index is 0.0282. The molecule has 0 saturated carbocycles. The maximum Gasteiger partial charge on any atom is 0.273 e. The Morgan fingerprint density at radius 3 is 2.58 bits per heavy atom. The summed E-state index contributed by atoms with van der Waals surface area (Å²) in [6, 6.07) is 21.7. The van der Waals surface area contributed by atoms with Crippen LogP contribution in [0.25, 0.3) is 10.9 Å². The van der Waals surface area contributed by atoms with Crippen molar-refractivity contribution < 1.29 is 19.4 Å². The van der Waals surface area contributed by atoms with Gasteiger partial charge < -0.3 is 25.0 Å². The average molecular weight is 577 g/mol. The molecule has 0 spiro atoms. The topological polar surface area (TPSA) is 125 Å². The number of morpholine rings is 1. The standard InChI is InChI=1S/C33H32N6O4/c1-3-39-30(17-21(2)37-39)33(42)35-25-6-4-5-22(18-25)31(40)23-7-12-27-28(32(41)36-29(27)19-23)20-34-24-8-10-26(11-9-24)38-13-15-43-16-14-38/h4-12,17-20,36,41H,3,13-16H2,1-2H3,(H,35,42). The number of aryl methyl sites for hydroxylation is 2. The number of carbonyl (C=O) groups excluding carboxylic acids is 2. The molecule has 0 aliphatic carbocycles. The number of hydrogen-bond donors (Lipinski definition) is 3. The van der Waals surface area contributed by atoms with Crippen molar-refractivity contribution in [3.8, 4) is 5.88 Å². The van der Waals surface area contributed by atoms with E-state index in [1.807, 2.05) is 38.1 Å². The molecule has 3 N–H and O–H groups in total. The molecule has 2 aromatic heterocycles. The Balaban J connectivity index is 1.18. The molecule has 1 aliphatic rings. The zero-order chi connectivity index (χ0) is 29.9. The first kappa shape index (κ1) is 27.9. The van der Waals surface area contributed by atoms with E-state index in [9.17, 15) is 14.7 Å². The van der Waals surface area contributed by atoms with Crippen LogP contribution in [0.15, 0.2) is 77.8 Å². The van der Waals surface area contributed by atoms with Gasteiger partial charge in [-0.3, -0.25) is 19.3 Å². The number of aromatic nitrogens is 3. The number of ketones is 1. The van der Waals surface area contributed by atoms with Crippen molar-refractivity contribution in [2.24, 2.45) is 4.99 Å². The number of aliphatic imine (C=N–C) groups is 1. The summed E-state index contributed by atoms with van der Waals surface area (Å²) in [5, 5.41) is 18.6. The summed E-state index contributed by atoms with van der Waals surface area (Å²) in [6.07, 6.45) is 1.62. The number of amides is 1. The highest BCUT2D eigenvalue weighted by molar-refractivity contribution is 6.13. The van der Waals surface area contributed by atoms with E-state index in [2.05, 4.69) is 25.3 Å². The molecule has 218 valence electrons. The minimum Gasteiger partial charge on any atom is -0.494 e. The number of nitrogens with zero attached hydrogens (tertiary/aromatic N) is 4. The zero-order valence-electron chi connectivity index (χ0n) is 24.0. The molecule has 0 atom stereocenters. The number of anilines is 2. The minimum atomic E-state index is -0.294. The number of ether oxygens (including phenoxy) is 1. The second kappa shape index (κ2) is 11.9. The molecule has 43 heavy (non-hydrogen) atoms. The van der Waals surface area contributed by atoms with Gasteiger partial charge >= 0.3 is 0 Å². The second-order valence-corrected chi connectivity index (χ2v) is 10.4. The maximum atomic E-state index is 13.4. The number of hydrogen-bond acceptors (Lipinski definition) is 7. The van der Waals surface area contributed by atoms with Crippen molar-refractivity contribution in [3.63, 3.8) is 0 Å². The Labute approximate surface area is 248 Å². The van der Waals surface area contributed by atoms with Crippen LogP contribution in [0.3, 0.4) is 0 Å². The fraction of sp³-hybridized carbons (Fsp3) is 0.212. The van der Waals surface area contributed by atoms with Gasteiger partial charge in [-0.05, 0) is 62.4 Å². The van der Waals surface area contributed by atoms with Crippen LogP contribution in [0.1, 0.15) is 44.6 Å². The molecule has 5 aromatic rings. The van der Waals surface area contributed by atoms with Crippen LogP contribution in [0, 0.1) is 6.92 Å². The fourth-order valence-electron chi connectivity index (χ4n) is 5.26. The summed E-state index contributed by atoms with van der Waals surface area (Å²) >= 11 is 0. The first-order valence-electron chi connectivity index (χ1n) is 14.2. The lowest BCUT2D eigenvalue weighted by Crippen LogP contribution is -2.36. The summed E-state index contributed by atoms with van der Waals surface area (Å²) in [5.74, 6) is -0.533. The van der Waals surface area contributed by atoms with Crippen LogP contribution in [0.5, 0.6) is 5.88 Å². The summed E-state index contributed by atoms with van der Waals surface area (Å²) in [7, 11) is 0. The van der Waals surface area contributed by atoms with Crippen LogP contribution < -0.4 is 10.2 Å². The lowest BCUT2D eigenvalue weighted by atomic mass is 10.0. The van der Waals surface area contributed by atoms with E-state index in [0.717, 1.165) is 48.8 Å². The van der Waals surface area contributed by atoms with Crippen LogP contribution in [0.4, 0.5) is 17.1 Å². The van der Waals surface area contributed by atoms with Gasteiger partial charge in [0.2, 0.25) is 0 Å². The number of benzene rings is 3. The molecule has 0 radical (unpaired) electrons. The molecule has 0 bridgehead atoms. The van der Waals surface area contributed by atoms with E-state index in [0.29, 0.717) is 40.1 Å². The van der Waals surface area contributed by atoms with Crippen LogP contribution in [0.2, 0.25) is 0 Å². The number of fused-ring (bicyclic) bond motifs is 1. The summed E-state index contributed by atoms with van der Waals surface area (Å²) in [6.45, 7) is 7.51. The van der Waals surface area contributed by atoms with E-state index in [4.69, 9.17) is 4.74 Å². The molecule has 0 unspecified atom stereocenters. The van der Waals surface area contributed by atoms with Crippen LogP contribution in [-0.4, -0.2) is 64.1 Å². The lowest BCUT2D eigenvalue weighted by molar-refractivity contribution is 0.101. The SMILES string of the molecule is CCn1nc(C)cc1C(=O)Nc1cccc(C(=O)c2ccc3c(C=Nc4ccc(N5CCOCC5)cc4)c(O)[nH]c3c2)c1. The molecule has 3 heterocycles. The summed E-state index contributed by atoms with van der Waals surface area (Å²) < 4.78 is 7.07. The van der Waals surface area contributed by atoms with Gasteiger partial charge in [0.05, 0.1) is 30.2 Å². The monoisotopic (exact) mass is 576 g/mol. The van der Waals surface area contributed by atoms with Gasteiger partial charge in [0.15, 0.2) is 11.7 Å². The fourth-order valence-corrected chi connectivity index (χ4v) is 5.26. The van der Waals surface area contributed by atoms with Crippen molar-refractivity contribution in [3.05, 3.63) is 101 Å². The first-order valence-corrected chi connectivity index (χ1v) is 14.2. The van der Waals surface area contributed by atoms with Gasteiger partial charge in [-0.15, -0.1) is 0 Å². The van der Waals surface area contributed by atoms with Crippen molar-refractivity contribution in [1.82, 2.24) is 14.8 Å². The first-order chi connectivity index (χ1) is 20.9. The van der Waals surface area contributed by atoms with Gasteiger partial charge in [-0.1, -0.05) is 24.3 Å². The number of nitrogens with one attached hydrogen (secondary N) is 2. The van der Waals surface area contributed by atoms with Gasteiger partial charge in [0, 0.05) is 59.3 Å². The predicted octanol–water partition coefficient (Wildman–Crippen LogP) is 5.47. The molecule has 1 amide bonds. The van der Waals surface area contributed by atoms with E-state index in [1.54, 1.807) is 59.4 Å². The molecule has 1 fully saturated rings. The van der Waals surface area contributed by atoms with Gasteiger partial charge in [-0.25, -0.2) is 0 Å². The number of aromatic amines is 1. The lowest BCUT2D eigenvalue weighted by Gasteiger charge is -2.28. The smallest absolute Gasteiger partial charge is 0.273 e. The van der Waals surface area contributed by atoms with E-state index in [1.165, 1.54) is 0 Å². The Bertz CT molecular complexity index is 1830. The largest absolute Gasteiger partial charge is 0.494 e. The second-order valence-electron chi connectivity index (χ2n) is 10.4. The Morgan fingerprint density at radius 1 is 1.05 bits per heavy atom. The highest BCUT2D eigenvalue weighted by Gasteiger charge is 2.17. The van der Waals surface area contributed by atoms with E-state index < -0.39 is 0 Å². The highest BCUT2D eigenvalue weighted by Crippen LogP contribution is 2.29. The summed E-state index contributed by atoms with van der Waals surface area (Å²) in [5.41, 5.74) is 5.63. The van der Waals surface area contributed by atoms with Gasteiger partial charge in [0.25, 0.3) is 5.91 Å². The summed E-state index contributed by atoms with van der Waals surface area (Å²) in [4.78, 5) is 36.1. The average Bonchev–Trinajstić information content (AvgIpc) is 3.58. The molecule has 6 rings (SSSR count). The van der Waals surface area contributed by atoms with Gasteiger partial charge in [0.1, 0.15) is 5.69 Å². The zero-order valence-corrected chi connectivity index (χ0v) is 24.0. The van der Waals surface area contributed by atoms with E-state index in [-0.39, 0.29) is 17.6 Å². The third-order valence-electron chi connectivity index (χ3n) is 7.47. The van der Waals surface area contributed by atoms with E-state index >= 15 is 0 Å².